The largest absolute Gasteiger partial charge is 0.367 e. The van der Waals surface area contributed by atoms with Crippen LogP contribution in [-0.4, -0.2) is 16.8 Å². The van der Waals surface area contributed by atoms with E-state index < -0.39 is 11.4 Å². The first-order valence-corrected chi connectivity index (χ1v) is 7.08. The van der Waals surface area contributed by atoms with Gasteiger partial charge in [0, 0.05) is 18.8 Å². The maximum Gasteiger partial charge on any atom is 0.247 e. The monoisotopic (exact) mass is 297 g/mol. The van der Waals surface area contributed by atoms with E-state index in [9.17, 15) is 9.59 Å². The Morgan fingerprint density at radius 3 is 2.36 bits per heavy atom. The van der Waals surface area contributed by atoms with E-state index in [1.807, 2.05) is 18.2 Å². The van der Waals surface area contributed by atoms with Crippen LogP contribution >= 0.6 is 0 Å². The van der Waals surface area contributed by atoms with Crippen molar-refractivity contribution in [3.63, 3.8) is 0 Å². The van der Waals surface area contributed by atoms with E-state index in [2.05, 4.69) is 10.3 Å². The van der Waals surface area contributed by atoms with Crippen LogP contribution in [0.4, 0.5) is 0 Å². The van der Waals surface area contributed by atoms with Gasteiger partial charge < -0.3 is 11.1 Å². The zero-order valence-electron chi connectivity index (χ0n) is 12.5. The summed E-state index contributed by atoms with van der Waals surface area (Å²) in [7, 11) is 0. The average molecular weight is 297 g/mol. The first kappa shape index (κ1) is 15.7. The second-order valence-corrected chi connectivity index (χ2v) is 5.26. The third-order valence-corrected chi connectivity index (χ3v) is 3.62. The van der Waals surface area contributed by atoms with Crippen molar-refractivity contribution in [3.05, 3.63) is 66.0 Å². The molecule has 0 saturated heterocycles. The predicted molar refractivity (Wildman–Crippen MR) is 83.7 cm³/mol. The maximum absolute atomic E-state index is 12.2. The van der Waals surface area contributed by atoms with E-state index in [0.717, 1.165) is 5.56 Å². The number of benzene rings is 1. The fraction of sp³-hybridized carbons (Fsp3) is 0.235. The van der Waals surface area contributed by atoms with Crippen LogP contribution < -0.4 is 11.1 Å². The van der Waals surface area contributed by atoms with Gasteiger partial charge in [0.1, 0.15) is 5.54 Å². The van der Waals surface area contributed by atoms with E-state index in [0.29, 0.717) is 12.0 Å². The molecule has 0 fully saturated rings. The number of amides is 2. The summed E-state index contributed by atoms with van der Waals surface area (Å²) in [5, 5.41) is 2.75. The molecular weight excluding hydrogens is 278 g/mol. The second-order valence-electron chi connectivity index (χ2n) is 5.26. The highest BCUT2D eigenvalue weighted by molar-refractivity contribution is 5.91. The highest BCUT2D eigenvalue weighted by atomic mass is 16.2. The van der Waals surface area contributed by atoms with Gasteiger partial charge in [-0.3, -0.25) is 14.6 Å². The number of carbonyl (C=O) groups is 2. The number of aromatic nitrogens is 1. The molecule has 0 aliphatic heterocycles. The van der Waals surface area contributed by atoms with E-state index in [1.165, 1.54) is 0 Å². The van der Waals surface area contributed by atoms with Crippen LogP contribution in [0, 0.1) is 0 Å². The number of pyridine rings is 1. The Morgan fingerprint density at radius 2 is 1.77 bits per heavy atom. The Kier molecular flexibility index (Phi) is 4.88. The zero-order chi connectivity index (χ0) is 16.0. The van der Waals surface area contributed by atoms with E-state index >= 15 is 0 Å². The molecule has 0 bridgehead atoms. The maximum atomic E-state index is 12.2. The van der Waals surface area contributed by atoms with Gasteiger partial charge in [-0.2, -0.15) is 0 Å². The number of primary amides is 1. The molecule has 1 heterocycles. The number of aryl methyl sites for hydroxylation is 1. The molecular formula is C17H19N3O2. The summed E-state index contributed by atoms with van der Waals surface area (Å²) < 4.78 is 0. The lowest BCUT2D eigenvalue weighted by atomic mass is 9.91. The number of rotatable bonds is 6. The van der Waals surface area contributed by atoms with Gasteiger partial charge in [0.05, 0.1) is 0 Å². The molecule has 0 aliphatic rings. The van der Waals surface area contributed by atoms with Crippen molar-refractivity contribution in [1.29, 1.82) is 0 Å². The van der Waals surface area contributed by atoms with Crippen molar-refractivity contribution >= 4 is 11.8 Å². The van der Waals surface area contributed by atoms with Gasteiger partial charge in [0.2, 0.25) is 11.8 Å². The Balaban J connectivity index is 2.05. The fourth-order valence-corrected chi connectivity index (χ4v) is 2.20. The third-order valence-electron chi connectivity index (χ3n) is 3.62. The van der Waals surface area contributed by atoms with Crippen LogP contribution in [0.2, 0.25) is 0 Å². The molecule has 3 N–H and O–H groups in total. The molecule has 1 aromatic heterocycles. The van der Waals surface area contributed by atoms with Gasteiger partial charge in [-0.05, 0) is 36.6 Å². The number of nitrogens with zero attached hydrogens (tertiary/aromatic N) is 1. The minimum atomic E-state index is -1.21. The van der Waals surface area contributed by atoms with Gasteiger partial charge in [-0.25, -0.2) is 0 Å². The predicted octanol–water partition coefficient (Wildman–Crippen LogP) is 1.53. The lowest BCUT2D eigenvalue weighted by molar-refractivity contribution is -0.131. The molecule has 22 heavy (non-hydrogen) atoms. The summed E-state index contributed by atoms with van der Waals surface area (Å²) in [5.41, 5.74) is 5.97. The molecule has 0 unspecified atom stereocenters. The molecule has 1 aromatic carbocycles. The van der Waals surface area contributed by atoms with Gasteiger partial charge in [0.15, 0.2) is 0 Å². The second kappa shape index (κ2) is 6.85. The smallest absolute Gasteiger partial charge is 0.247 e. The van der Waals surface area contributed by atoms with E-state index in [-0.39, 0.29) is 12.3 Å². The highest BCUT2D eigenvalue weighted by Gasteiger charge is 2.34. The van der Waals surface area contributed by atoms with Gasteiger partial charge in [-0.15, -0.1) is 0 Å². The first-order valence-electron chi connectivity index (χ1n) is 7.08. The van der Waals surface area contributed by atoms with Gasteiger partial charge >= 0.3 is 0 Å². The minimum Gasteiger partial charge on any atom is -0.367 e. The molecule has 0 spiro atoms. The number of nitrogens with one attached hydrogen (secondary N) is 1. The lowest BCUT2D eigenvalue weighted by Gasteiger charge is -2.28. The molecule has 2 rings (SSSR count). The average Bonchev–Trinajstić information content (AvgIpc) is 2.54. The van der Waals surface area contributed by atoms with Crippen LogP contribution in [0.5, 0.6) is 0 Å². The molecule has 0 saturated carbocycles. The minimum absolute atomic E-state index is 0.220. The number of carbonyl (C=O) groups excluding carboxylic acids is 2. The molecule has 0 aliphatic carbocycles. The van der Waals surface area contributed by atoms with Crippen molar-refractivity contribution < 1.29 is 9.59 Å². The summed E-state index contributed by atoms with van der Waals surface area (Å²) in [4.78, 5) is 27.9. The van der Waals surface area contributed by atoms with Crippen LogP contribution in [0.25, 0.3) is 0 Å². The summed E-state index contributed by atoms with van der Waals surface area (Å²) >= 11 is 0. The Bertz CT molecular complexity index is 643. The Labute approximate surface area is 129 Å². The van der Waals surface area contributed by atoms with E-state index in [1.54, 1.807) is 43.6 Å². The number of nitrogens with two attached hydrogens (primary N) is 1. The molecule has 0 radical (unpaired) electrons. The SMILES string of the molecule is C[C@@](NC(=O)CCc1ccncc1)(C(N)=O)c1ccccc1. The van der Waals surface area contributed by atoms with Gasteiger partial charge in [0.25, 0.3) is 0 Å². The van der Waals surface area contributed by atoms with Crippen molar-refractivity contribution in [3.8, 4) is 0 Å². The van der Waals surface area contributed by atoms with Crippen LogP contribution in [0.3, 0.4) is 0 Å². The van der Waals surface area contributed by atoms with Crippen LogP contribution in [0.1, 0.15) is 24.5 Å². The van der Waals surface area contributed by atoms with Crippen molar-refractivity contribution in [2.45, 2.75) is 25.3 Å². The molecule has 2 amide bonds. The summed E-state index contributed by atoms with van der Waals surface area (Å²) in [5.74, 6) is -0.807. The number of hydrogen-bond acceptors (Lipinski definition) is 3. The highest BCUT2D eigenvalue weighted by Crippen LogP contribution is 2.20. The van der Waals surface area contributed by atoms with Gasteiger partial charge in [-0.1, -0.05) is 30.3 Å². The van der Waals surface area contributed by atoms with Crippen molar-refractivity contribution in [2.75, 3.05) is 0 Å². The zero-order valence-corrected chi connectivity index (χ0v) is 12.5. The molecule has 114 valence electrons. The molecule has 2 aromatic rings. The summed E-state index contributed by atoms with van der Waals surface area (Å²) in [6.07, 6.45) is 4.23. The van der Waals surface area contributed by atoms with Crippen molar-refractivity contribution in [2.24, 2.45) is 5.73 Å². The molecule has 5 heteroatoms. The quantitative estimate of drug-likeness (QED) is 0.848. The lowest BCUT2D eigenvalue weighted by Crippen LogP contribution is -2.52. The topological polar surface area (TPSA) is 85.1 Å². The third kappa shape index (κ3) is 3.69. The summed E-state index contributed by atoms with van der Waals surface area (Å²) in [6.45, 7) is 1.62. The standard InChI is InChI=1S/C17H19N3O2/c1-17(16(18)22,14-5-3-2-4-6-14)20-15(21)8-7-13-9-11-19-12-10-13/h2-6,9-12H,7-8H2,1H3,(H2,18,22)(H,20,21)/t17-/m0/s1. The first-order chi connectivity index (χ1) is 10.5. The van der Waals surface area contributed by atoms with Crippen molar-refractivity contribution in [1.82, 2.24) is 10.3 Å². The van der Waals surface area contributed by atoms with Crippen LogP contribution in [0.15, 0.2) is 54.9 Å². The molecule has 5 nitrogen and oxygen atoms in total. The Morgan fingerprint density at radius 1 is 1.14 bits per heavy atom. The summed E-state index contributed by atoms with van der Waals surface area (Å²) in [6, 6.07) is 12.7. The fourth-order valence-electron chi connectivity index (χ4n) is 2.20. The Hall–Kier alpha value is -2.69. The van der Waals surface area contributed by atoms with Crippen LogP contribution in [-0.2, 0) is 21.5 Å². The normalized spacial score (nSPS) is 13.1. The number of hydrogen-bond donors (Lipinski definition) is 2. The van der Waals surface area contributed by atoms with E-state index in [4.69, 9.17) is 5.73 Å². The molecule has 1 atom stereocenters.